The second-order valence-electron chi connectivity index (χ2n) is 9.94. The van der Waals surface area contributed by atoms with Crippen LogP contribution in [0.15, 0.2) is 46.0 Å². The SMILES string of the molecule is C[C@@](O)(c1ccc(N2CCN(S(=O)(=O)c3cccs3)C[C@@H]2CN2C[C@H]3CCO[C@H]3C2)cc1)C(F)(F)F. The lowest BCUT2D eigenvalue weighted by atomic mass is 9.95. The molecule has 0 saturated carbocycles. The number of piperazine rings is 1. The first-order valence-electron chi connectivity index (χ1n) is 12.0. The van der Waals surface area contributed by atoms with Crippen molar-refractivity contribution in [3.8, 4) is 0 Å². The Morgan fingerprint density at radius 2 is 1.86 bits per heavy atom. The Morgan fingerprint density at radius 1 is 1.11 bits per heavy atom. The summed E-state index contributed by atoms with van der Waals surface area (Å²) in [5.74, 6) is 0.483. The minimum Gasteiger partial charge on any atom is -0.377 e. The molecule has 7 nitrogen and oxygen atoms in total. The van der Waals surface area contributed by atoms with Crippen LogP contribution in [0.1, 0.15) is 18.9 Å². The molecule has 36 heavy (non-hydrogen) atoms. The number of rotatable bonds is 6. The van der Waals surface area contributed by atoms with Crippen molar-refractivity contribution < 1.29 is 31.4 Å². The molecule has 1 aromatic heterocycles. The number of alkyl halides is 3. The molecule has 0 spiro atoms. The van der Waals surface area contributed by atoms with Gasteiger partial charge < -0.3 is 14.7 Å². The molecule has 3 fully saturated rings. The van der Waals surface area contributed by atoms with Gasteiger partial charge in [0.2, 0.25) is 0 Å². The third kappa shape index (κ3) is 4.79. The monoisotopic (exact) mass is 545 g/mol. The minimum atomic E-state index is -4.80. The van der Waals surface area contributed by atoms with E-state index in [9.17, 15) is 26.7 Å². The highest BCUT2D eigenvalue weighted by Gasteiger charge is 2.51. The zero-order valence-corrected chi connectivity index (χ0v) is 21.5. The molecule has 0 bridgehead atoms. The smallest absolute Gasteiger partial charge is 0.377 e. The van der Waals surface area contributed by atoms with Gasteiger partial charge in [-0.3, -0.25) is 4.90 Å². The van der Waals surface area contributed by atoms with Gasteiger partial charge >= 0.3 is 6.18 Å². The first-order chi connectivity index (χ1) is 17.0. The van der Waals surface area contributed by atoms with Crippen LogP contribution in [0, 0.1) is 5.92 Å². The lowest BCUT2D eigenvalue weighted by molar-refractivity contribution is -0.258. The second kappa shape index (κ2) is 9.55. The van der Waals surface area contributed by atoms with E-state index in [0.29, 0.717) is 28.9 Å². The van der Waals surface area contributed by atoms with Gasteiger partial charge in [0.15, 0.2) is 5.60 Å². The molecule has 1 aromatic carbocycles. The molecule has 3 aliphatic rings. The fourth-order valence-corrected chi connectivity index (χ4v) is 8.04. The lowest BCUT2D eigenvalue weighted by Gasteiger charge is -2.43. The molecule has 0 aliphatic carbocycles. The van der Waals surface area contributed by atoms with Crippen molar-refractivity contribution in [2.45, 2.75) is 41.5 Å². The standard InChI is InChI=1S/C24H30F3N3O4S2/c1-23(31,24(25,26)27)18-4-6-19(7-5-18)30-10-9-29(36(32,33)22-3-2-12-35-22)15-20(30)14-28-13-17-8-11-34-21(17)16-28/h2-7,12,17,20-21,31H,8-11,13-16H2,1H3/t17-,20+,21+,23-/m1/s1. The molecule has 1 N–H and O–H groups in total. The highest BCUT2D eigenvalue weighted by Crippen LogP contribution is 2.39. The number of likely N-dealkylation sites (tertiary alicyclic amines) is 1. The van der Waals surface area contributed by atoms with Crippen LogP contribution in [0.3, 0.4) is 0 Å². The summed E-state index contributed by atoms with van der Waals surface area (Å²) < 4.78 is 74.0. The zero-order chi connectivity index (χ0) is 25.7. The maximum atomic E-state index is 13.3. The van der Waals surface area contributed by atoms with E-state index in [0.717, 1.165) is 33.0 Å². The van der Waals surface area contributed by atoms with Crippen molar-refractivity contribution >= 4 is 27.0 Å². The van der Waals surface area contributed by atoms with E-state index in [2.05, 4.69) is 9.80 Å². The van der Waals surface area contributed by atoms with Gasteiger partial charge in [0.1, 0.15) is 4.21 Å². The van der Waals surface area contributed by atoms with Crippen molar-refractivity contribution in [3.05, 3.63) is 47.3 Å². The van der Waals surface area contributed by atoms with Crippen LogP contribution in [0.2, 0.25) is 0 Å². The number of halogens is 3. The summed E-state index contributed by atoms with van der Waals surface area (Å²) in [6.45, 7) is 4.77. The number of fused-ring (bicyclic) bond motifs is 1. The van der Waals surface area contributed by atoms with Crippen LogP contribution in [-0.2, 0) is 20.4 Å². The van der Waals surface area contributed by atoms with Crippen LogP contribution in [0.5, 0.6) is 0 Å². The number of ether oxygens (including phenoxy) is 1. The highest BCUT2D eigenvalue weighted by atomic mass is 32.2. The van der Waals surface area contributed by atoms with E-state index in [4.69, 9.17) is 4.74 Å². The first kappa shape index (κ1) is 25.9. The van der Waals surface area contributed by atoms with Crippen molar-refractivity contribution in [1.82, 2.24) is 9.21 Å². The number of aliphatic hydroxyl groups is 1. The summed E-state index contributed by atoms with van der Waals surface area (Å²) in [6.07, 6.45) is -3.57. The fraction of sp³-hybridized carbons (Fsp3) is 0.583. The Hall–Kier alpha value is -1.70. The van der Waals surface area contributed by atoms with Gasteiger partial charge in [-0.1, -0.05) is 18.2 Å². The third-order valence-electron chi connectivity index (χ3n) is 7.59. The van der Waals surface area contributed by atoms with Gasteiger partial charge in [-0.05, 0) is 42.5 Å². The molecule has 12 heteroatoms. The van der Waals surface area contributed by atoms with E-state index in [1.807, 2.05) is 0 Å². The Bertz CT molecular complexity index is 1140. The van der Waals surface area contributed by atoms with Gasteiger partial charge in [-0.15, -0.1) is 11.3 Å². The summed E-state index contributed by atoms with van der Waals surface area (Å²) in [6, 6.07) is 8.87. The average Bonchev–Trinajstić information content (AvgIpc) is 3.57. The molecule has 2 aromatic rings. The molecule has 4 heterocycles. The molecule has 4 atom stereocenters. The number of hydrogen-bond donors (Lipinski definition) is 1. The minimum absolute atomic E-state index is 0.193. The topological polar surface area (TPSA) is 73.3 Å². The normalized spacial score (nSPS) is 27.8. The fourth-order valence-electron chi connectivity index (χ4n) is 5.43. The predicted octanol–water partition coefficient (Wildman–Crippen LogP) is 3.12. The zero-order valence-electron chi connectivity index (χ0n) is 19.9. The van der Waals surface area contributed by atoms with E-state index in [-0.39, 0.29) is 30.8 Å². The molecule has 0 radical (unpaired) electrons. The summed E-state index contributed by atoms with van der Waals surface area (Å²) in [7, 11) is -3.62. The van der Waals surface area contributed by atoms with E-state index in [1.165, 1.54) is 27.8 Å². The van der Waals surface area contributed by atoms with Crippen molar-refractivity contribution in [2.75, 3.05) is 50.8 Å². The molecule has 3 aliphatic heterocycles. The molecule has 5 rings (SSSR count). The van der Waals surface area contributed by atoms with Crippen LogP contribution >= 0.6 is 11.3 Å². The van der Waals surface area contributed by atoms with E-state index >= 15 is 0 Å². The first-order valence-corrected chi connectivity index (χ1v) is 14.3. The molecule has 0 unspecified atom stereocenters. The van der Waals surface area contributed by atoms with Gasteiger partial charge in [0.05, 0.1) is 12.1 Å². The summed E-state index contributed by atoms with van der Waals surface area (Å²) >= 11 is 1.19. The summed E-state index contributed by atoms with van der Waals surface area (Å²) in [5, 5.41) is 11.8. The Morgan fingerprint density at radius 3 is 2.50 bits per heavy atom. The van der Waals surface area contributed by atoms with Crippen LogP contribution in [0.25, 0.3) is 0 Å². The van der Waals surface area contributed by atoms with Crippen molar-refractivity contribution in [2.24, 2.45) is 5.92 Å². The molecular weight excluding hydrogens is 515 g/mol. The molecule has 198 valence electrons. The highest BCUT2D eigenvalue weighted by molar-refractivity contribution is 7.91. The van der Waals surface area contributed by atoms with Gasteiger partial charge in [0.25, 0.3) is 10.0 Å². The summed E-state index contributed by atoms with van der Waals surface area (Å²) in [4.78, 5) is 4.37. The van der Waals surface area contributed by atoms with E-state index < -0.39 is 21.8 Å². The molecule has 3 saturated heterocycles. The quantitative estimate of drug-likeness (QED) is 0.602. The number of sulfonamides is 1. The van der Waals surface area contributed by atoms with Crippen LogP contribution < -0.4 is 4.90 Å². The Balaban J connectivity index is 1.38. The second-order valence-corrected chi connectivity index (χ2v) is 13.0. The van der Waals surface area contributed by atoms with Gasteiger partial charge in [-0.25, -0.2) is 8.42 Å². The number of benzene rings is 1. The molecule has 0 amide bonds. The lowest BCUT2D eigenvalue weighted by Crippen LogP contribution is -2.58. The summed E-state index contributed by atoms with van der Waals surface area (Å²) in [5.41, 5.74) is -2.49. The van der Waals surface area contributed by atoms with Crippen molar-refractivity contribution in [1.29, 1.82) is 0 Å². The maximum absolute atomic E-state index is 13.3. The molecular formula is C24H30F3N3O4S2. The van der Waals surface area contributed by atoms with Crippen LogP contribution in [0.4, 0.5) is 18.9 Å². The van der Waals surface area contributed by atoms with Gasteiger partial charge in [-0.2, -0.15) is 17.5 Å². The average molecular weight is 546 g/mol. The largest absolute Gasteiger partial charge is 0.421 e. The number of anilines is 1. The number of thiophene rings is 1. The van der Waals surface area contributed by atoms with Crippen LogP contribution in [-0.4, -0.2) is 86.9 Å². The van der Waals surface area contributed by atoms with Crippen molar-refractivity contribution in [3.63, 3.8) is 0 Å². The van der Waals surface area contributed by atoms with E-state index in [1.54, 1.807) is 29.6 Å². The Labute approximate surface area is 213 Å². The maximum Gasteiger partial charge on any atom is 0.421 e. The number of hydrogen-bond acceptors (Lipinski definition) is 7. The van der Waals surface area contributed by atoms with Gasteiger partial charge in [0, 0.05) is 57.5 Å². The predicted molar refractivity (Wildman–Crippen MR) is 131 cm³/mol. The number of nitrogens with zero attached hydrogens (tertiary/aromatic N) is 3. The third-order valence-corrected chi connectivity index (χ3v) is 10.8. The Kier molecular flexibility index (Phi) is 6.88.